The van der Waals surface area contributed by atoms with Gasteiger partial charge in [0.15, 0.2) is 6.29 Å². The number of hydrogen-bond donors (Lipinski definition) is 1. The number of ether oxygens (including phenoxy) is 1. The van der Waals surface area contributed by atoms with E-state index in [2.05, 4.69) is 4.98 Å². The lowest BCUT2D eigenvalue weighted by Crippen LogP contribution is -2.07. The summed E-state index contributed by atoms with van der Waals surface area (Å²) in [4.78, 5) is 13.7. The fourth-order valence-electron chi connectivity index (χ4n) is 1.47. The summed E-state index contributed by atoms with van der Waals surface area (Å²) in [6, 6.07) is 5.43. The van der Waals surface area contributed by atoms with Crippen LogP contribution in [0.2, 0.25) is 0 Å². The van der Waals surface area contributed by atoms with E-state index in [1.54, 1.807) is 13.2 Å². The van der Waals surface area contributed by atoms with Crippen LogP contribution in [0.25, 0.3) is 10.9 Å². The monoisotopic (exact) mass is 185 g/mol. The number of nitrogens with one attached hydrogen (secondary N) is 1. The van der Waals surface area contributed by atoms with E-state index in [1.807, 2.05) is 12.1 Å². The first kappa shape index (κ1) is 8.87. The van der Waals surface area contributed by atoms with Crippen molar-refractivity contribution >= 4 is 30.6 Å². The van der Waals surface area contributed by atoms with E-state index in [4.69, 9.17) is 12.6 Å². The Hall–Kier alpha value is -1.71. The maximum atomic E-state index is 10.8. The van der Waals surface area contributed by atoms with Gasteiger partial charge in [-0.3, -0.25) is 4.79 Å². The Kier molecular flexibility index (Phi) is 2.04. The van der Waals surface area contributed by atoms with Crippen molar-refractivity contribution in [2.45, 2.75) is 0 Å². The first-order chi connectivity index (χ1) is 6.76. The van der Waals surface area contributed by atoms with Crippen LogP contribution < -0.4 is 10.3 Å². The van der Waals surface area contributed by atoms with Crippen LogP contribution in [0.5, 0.6) is 5.75 Å². The highest BCUT2D eigenvalue weighted by Gasteiger charge is 2.07. The zero-order valence-electron chi connectivity index (χ0n) is 7.70. The van der Waals surface area contributed by atoms with Crippen molar-refractivity contribution in [2.24, 2.45) is 0 Å². The molecule has 1 aromatic heterocycles. The van der Waals surface area contributed by atoms with Crippen molar-refractivity contribution in [1.82, 2.24) is 4.98 Å². The minimum absolute atomic E-state index is 0.392. The van der Waals surface area contributed by atoms with E-state index < -0.39 is 0 Å². The van der Waals surface area contributed by atoms with Crippen molar-refractivity contribution in [2.75, 3.05) is 7.11 Å². The lowest BCUT2D eigenvalue weighted by atomic mass is 9.99. The van der Waals surface area contributed by atoms with Crippen LogP contribution in [0, 0.1) is 0 Å². The summed E-state index contributed by atoms with van der Waals surface area (Å²) in [6.45, 7) is 0. The lowest BCUT2D eigenvalue weighted by molar-refractivity contribution is 0.112. The molecule has 1 N–H and O–H groups in total. The van der Waals surface area contributed by atoms with Gasteiger partial charge in [0.1, 0.15) is 13.6 Å². The standard InChI is InChI=1S/C10H8BNO2/c1-14-6-2-3-9-7(4-6)8(5-13)10(11)12-9/h2-5,12H,1H3. The highest BCUT2D eigenvalue weighted by Crippen LogP contribution is 2.21. The molecule has 0 spiro atoms. The van der Waals surface area contributed by atoms with Gasteiger partial charge in [0.05, 0.1) is 7.11 Å². The molecule has 0 bridgehead atoms. The molecule has 2 radical (unpaired) electrons. The van der Waals surface area contributed by atoms with E-state index in [0.29, 0.717) is 16.9 Å². The molecular weight excluding hydrogens is 177 g/mol. The summed E-state index contributed by atoms with van der Waals surface area (Å²) in [7, 11) is 7.21. The maximum absolute atomic E-state index is 10.8. The van der Waals surface area contributed by atoms with Crippen molar-refractivity contribution in [3.63, 3.8) is 0 Å². The Bertz CT molecular complexity index is 490. The number of carbonyl (C=O) groups excluding carboxylic acids is 1. The number of hydrogen-bond acceptors (Lipinski definition) is 2. The second kappa shape index (κ2) is 3.22. The first-order valence-electron chi connectivity index (χ1n) is 4.16. The van der Waals surface area contributed by atoms with Crippen LogP contribution in [0.3, 0.4) is 0 Å². The van der Waals surface area contributed by atoms with Crippen LogP contribution >= 0.6 is 0 Å². The average Bonchev–Trinajstić information content (AvgIpc) is 2.52. The molecule has 4 heteroatoms. The highest BCUT2D eigenvalue weighted by atomic mass is 16.5. The molecule has 0 aliphatic rings. The molecule has 0 saturated carbocycles. The minimum atomic E-state index is 0.392. The van der Waals surface area contributed by atoms with Crippen LogP contribution in [0.15, 0.2) is 18.2 Å². The van der Waals surface area contributed by atoms with Crippen LogP contribution in [0.4, 0.5) is 0 Å². The van der Waals surface area contributed by atoms with Gasteiger partial charge >= 0.3 is 0 Å². The third kappa shape index (κ3) is 1.19. The van der Waals surface area contributed by atoms with E-state index in [-0.39, 0.29) is 0 Å². The van der Waals surface area contributed by atoms with E-state index >= 15 is 0 Å². The second-order valence-electron chi connectivity index (χ2n) is 2.98. The molecule has 1 heterocycles. The van der Waals surface area contributed by atoms with Gasteiger partial charge in [-0.1, -0.05) is 0 Å². The molecule has 3 nitrogen and oxygen atoms in total. The molecule has 0 aliphatic carbocycles. The fraction of sp³-hybridized carbons (Fsp3) is 0.100. The summed E-state index contributed by atoms with van der Waals surface area (Å²) in [5.74, 6) is 0.708. The number of fused-ring (bicyclic) bond motifs is 1. The molecule has 0 amide bonds. The van der Waals surface area contributed by atoms with Crippen LogP contribution in [0.1, 0.15) is 10.4 Å². The van der Waals surface area contributed by atoms with Gasteiger partial charge < -0.3 is 9.72 Å². The summed E-state index contributed by atoms with van der Waals surface area (Å²) in [5, 5.41) is 0.789. The average molecular weight is 185 g/mol. The third-order valence-electron chi connectivity index (χ3n) is 2.19. The Morgan fingerprint density at radius 1 is 1.50 bits per heavy atom. The fourth-order valence-corrected chi connectivity index (χ4v) is 1.47. The topological polar surface area (TPSA) is 42.1 Å². The molecule has 0 fully saturated rings. The van der Waals surface area contributed by atoms with Gasteiger partial charge in [-0.15, -0.1) is 0 Å². The van der Waals surface area contributed by atoms with Crippen molar-refractivity contribution < 1.29 is 9.53 Å². The normalized spacial score (nSPS) is 10.4. The number of aromatic amines is 1. The Morgan fingerprint density at radius 2 is 2.29 bits per heavy atom. The van der Waals surface area contributed by atoms with Gasteiger partial charge in [0.2, 0.25) is 0 Å². The molecule has 2 aromatic rings. The molecule has 1 aromatic carbocycles. The van der Waals surface area contributed by atoms with Gasteiger partial charge in [0, 0.05) is 16.5 Å². The largest absolute Gasteiger partial charge is 0.497 e. The van der Waals surface area contributed by atoms with Gasteiger partial charge in [0.25, 0.3) is 0 Å². The number of methoxy groups -OCH3 is 1. The second-order valence-corrected chi connectivity index (χ2v) is 2.98. The van der Waals surface area contributed by atoms with Crippen molar-refractivity contribution in [1.29, 1.82) is 0 Å². The van der Waals surface area contributed by atoms with Crippen LogP contribution in [-0.2, 0) is 0 Å². The predicted octanol–water partition coefficient (Wildman–Crippen LogP) is 0.783. The lowest BCUT2D eigenvalue weighted by Gasteiger charge is -1.98. The summed E-state index contributed by atoms with van der Waals surface area (Å²) in [5.41, 5.74) is 1.72. The Balaban J connectivity index is 2.77. The molecule has 0 atom stereocenters. The Morgan fingerprint density at radius 3 is 2.93 bits per heavy atom. The first-order valence-corrected chi connectivity index (χ1v) is 4.16. The number of carbonyl (C=O) groups is 1. The smallest absolute Gasteiger partial charge is 0.151 e. The van der Waals surface area contributed by atoms with E-state index in [0.717, 1.165) is 17.2 Å². The number of H-pyrrole nitrogens is 1. The number of rotatable bonds is 2. The molecule has 0 aliphatic heterocycles. The molecule has 14 heavy (non-hydrogen) atoms. The quantitative estimate of drug-likeness (QED) is 0.554. The number of aromatic nitrogens is 1. The highest BCUT2D eigenvalue weighted by molar-refractivity contribution is 6.36. The van der Waals surface area contributed by atoms with Crippen molar-refractivity contribution in [3.05, 3.63) is 23.8 Å². The molecule has 0 unspecified atom stereocenters. The van der Waals surface area contributed by atoms with Gasteiger partial charge in [-0.25, -0.2) is 0 Å². The SMILES string of the molecule is [B]c1[nH]c2ccc(OC)cc2c1C=O. The van der Waals surface area contributed by atoms with E-state index in [1.165, 1.54) is 0 Å². The maximum Gasteiger partial charge on any atom is 0.151 e. The molecular formula is C10H8BNO2. The van der Waals surface area contributed by atoms with Gasteiger partial charge in [-0.2, -0.15) is 0 Å². The van der Waals surface area contributed by atoms with E-state index in [9.17, 15) is 4.79 Å². The molecule has 68 valence electrons. The predicted molar refractivity (Wildman–Crippen MR) is 55.6 cm³/mol. The number of benzene rings is 1. The third-order valence-corrected chi connectivity index (χ3v) is 2.19. The van der Waals surface area contributed by atoms with Crippen LogP contribution in [-0.4, -0.2) is 26.2 Å². The Labute approximate surface area is 82.5 Å². The van der Waals surface area contributed by atoms with Crippen molar-refractivity contribution in [3.8, 4) is 5.75 Å². The van der Waals surface area contributed by atoms with Gasteiger partial charge in [-0.05, 0) is 23.8 Å². The summed E-state index contributed by atoms with van der Waals surface area (Å²) < 4.78 is 5.06. The summed E-state index contributed by atoms with van der Waals surface area (Å²) >= 11 is 0. The zero-order valence-corrected chi connectivity index (χ0v) is 7.70. The zero-order chi connectivity index (χ0) is 10.1. The minimum Gasteiger partial charge on any atom is -0.497 e. The molecule has 0 saturated heterocycles. The molecule has 2 rings (SSSR count). The number of aldehydes is 1. The summed E-state index contributed by atoms with van der Waals surface area (Å²) in [6.07, 6.45) is 0.744.